The minimum atomic E-state index is 0.241. The van der Waals surface area contributed by atoms with Crippen LogP contribution in [0.5, 0.6) is 0 Å². The molecule has 0 bridgehead atoms. The van der Waals surface area contributed by atoms with Crippen molar-refractivity contribution in [3.05, 3.63) is 17.7 Å². The lowest BCUT2D eigenvalue weighted by Crippen LogP contribution is -2.53. The quantitative estimate of drug-likeness (QED) is 0.816. The van der Waals surface area contributed by atoms with Crippen LogP contribution in [0.2, 0.25) is 0 Å². The number of amides is 1. The first-order valence-corrected chi connectivity index (χ1v) is 7.59. The lowest BCUT2D eigenvalue weighted by atomic mass is 9.99. The number of fused-ring (bicyclic) bond motifs is 1. The number of hydrogen-bond acceptors (Lipinski definition) is 3. The number of imidazole rings is 1. The predicted octanol–water partition coefficient (Wildman–Crippen LogP) is 0.782. The van der Waals surface area contributed by atoms with Crippen LogP contribution in [0, 0.1) is 5.92 Å². The van der Waals surface area contributed by atoms with Gasteiger partial charge >= 0.3 is 0 Å². The number of carbonyl (C=O) groups is 1. The SMILES string of the molecule is CN(C)CC1CN(C(=O)Cn2cnc3c2CCCC3)C1. The Morgan fingerprint density at radius 1 is 1.35 bits per heavy atom. The summed E-state index contributed by atoms with van der Waals surface area (Å²) in [6, 6.07) is 0. The molecule has 0 saturated carbocycles. The van der Waals surface area contributed by atoms with Crippen LogP contribution < -0.4 is 0 Å². The highest BCUT2D eigenvalue weighted by molar-refractivity contribution is 5.77. The maximum Gasteiger partial charge on any atom is 0.242 e. The maximum absolute atomic E-state index is 12.3. The van der Waals surface area contributed by atoms with Gasteiger partial charge in [-0.05, 0) is 39.8 Å². The van der Waals surface area contributed by atoms with Crippen LogP contribution >= 0.6 is 0 Å². The molecule has 110 valence electrons. The molecule has 1 aliphatic heterocycles. The van der Waals surface area contributed by atoms with Crippen LogP contribution in [0.25, 0.3) is 0 Å². The molecule has 5 nitrogen and oxygen atoms in total. The summed E-state index contributed by atoms with van der Waals surface area (Å²) in [5.41, 5.74) is 2.49. The Hall–Kier alpha value is -1.36. The van der Waals surface area contributed by atoms with Gasteiger partial charge < -0.3 is 14.4 Å². The molecule has 3 rings (SSSR count). The number of carbonyl (C=O) groups excluding carboxylic acids is 1. The van der Waals surface area contributed by atoms with Crippen LogP contribution in [-0.2, 0) is 24.2 Å². The molecule has 1 aromatic heterocycles. The summed E-state index contributed by atoms with van der Waals surface area (Å²) in [6.07, 6.45) is 6.46. The van der Waals surface area contributed by atoms with Gasteiger partial charge in [-0.2, -0.15) is 0 Å². The topological polar surface area (TPSA) is 41.4 Å². The zero-order valence-corrected chi connectivity index (χ0v) is 12.5. The average molecular weight is 276 g/mol. The second-order valence-electron chi connectivity index (χ2n) is 6.40. The van der Waals surface area contributed by atoms with Gasteiger partial charge in [-0.25, -0.2) is 4.98 Å². The highest BCUT2D eigenvalue weighted by Crippen LogP contribution is 2.21. The molecule has 1 aromatic rings. The lowest BCUT2D eigenvalue weighted by molar-refractivity contribution is -0.138. The van der Waals surface area contributed by atoms with Crippen molar-refractivity contribution < 1.29 is 4.79 Å². The zero-order chi connectivity index (χ0) is 14.1. The molecule has 0 aromatic carbocycles. The Balaban J connectivity index is 1.54. The van der Waals surface area contributed by atoms with Crippen molar-refractivity contribution in [1.29, 1.82) is 0 Å². The first-order chi connectivity index (χ1) is 9.63. The standard InChI is InChI=1S/C15H24N4O/c1-17(2)7-12-8-18(9-12)15(20)10-19-11-16-13-5-3-4-6-14(13)19/h11-12H,3-10H2,1-2H3. The molecular weight excluding hydrogens is 252 g/mol. The average Bonchev–Trinajstić information content (AvgIpc) is 2.76. The van der Waals surface area contributed by atoms with E-state index in [1.807, 2.05) is 11.2 Å². The molecule has 0 N–H and O–H groups in total. The van der Waals surface area contributed by atoms with E-state index in [1.54, 1.807) is 0 Å². The van der Waals surface area contributed by atoms with Gasteiger partial charge in [0, 0.05) is 31.2 Å². The largest absolute Gasteiger partial charge is 0.340 e. The Bertz CT molecular complexity index is 488. The van der Waals surface area contributed by atoms with Gasteiger partial charge in [-0.15, -0.1) is 0 Å². The monoisotopic (exact) mass is 276 g/mol. The maximum atomic E-state index is 12.3. The molecule has 20 heavy (non-hydrogen) atoms. The van der Waals surface area contributed by atoms with Crippen molar-refractivity contribution in [2.24, 2.45) is 5.92 Å². The van der Waals surface area contributed by atoms with Gasteiger partial charge in [0.15, 0.2) is 0 Å². The second-order valence-corrected chi connectivity index (χ2v) is 6.40. The summed E-state index contributed by atoms with van der Waals surface area (Å²) >= 11 is 0. The van der Waals surface area contributed by atoms with E-state index in [2.05, 4.69) is 28.5 Å². The Morgan fingerprint density at radius 2 is 2.10 bits per heavy atom. The summed E-state index contributed by atoms with van der Waals surface area (Å²) in [7, 11) is 4.17. The van der Waals surface area contributed by atoms with Crippen LogP contribution in [0.4, 0.5) is 0 Å². The van der Waals surface area contributed by atoms with Gasteiger partial charge in [0.2, 0.25) is 5.91 Å². The van der Waals surface area contributed by atoms with Crippen molar-refractivity contribution in [2.45, 2.75) is 32.2 Å². The van der Waals surface area contributed by atoms with Crippen LogP contribution in [0.15, 0.2) is 6.33 Å². The highest BCUT2D eigenvalue weighted by atomic mass is 16.2. The fourth-order valence-corrected chi connectivity index (χ4v) is 3.32. The van der Waals surface area contributed by atoms with E-state index in [9.17, 15) is 4.79 Å². The normalized spacial score (nSPS) is 19.1. The molecule has 5 heteroatoms. The lowest BCUT2D eigenvalue weighted by Gasteiger charge is -2.40. The molecule has 1 fully saturated rings. The van der Waals surface area contributed by atoms with Crippen LogP contribution in [0.3, 0.4) is 0 Å². The number of rotatable bonds is 4. The molecule has 2 aliphatic rings. The van der Waals surface area contributed by atoms with Crippen molar-refractivity contribution in [2.75, 3.05) is 33.7 Å². The summed E-state index contributed by atoms with van der Waals surface area (Å²) < 4.78 is 2.07. The second kappa shape index (κ2) is 5.56. The van der Waals surface area contributed by atoms with Gasteiger partial charge in [0.05, 0.1) is 12.0 Å². The van der Waals surface area contributed by atoms with E-state index in [-0.39, 0.29) is 5.91 Å². The number of nitrogens with zero attached hydrogens (tertiary/aromatic N) is 4. The fraction of sp³-hybridized carbons (Fsp3) is 0.733. The molecular formula is C15H24N4O. The number of likely N-dealkylation sites (tertiary alicyclic amines) is 1. The van der Waals surface area contributed by atoms with Gasteiger partial charge in [0.25, 0.3) is 0 Å². The number of aromatic nitrogens is 2. The smallest absolute Gasteiger partial charge is 0.242 e. The van der Waals surface area contributed by atoms with Crippen LogP contribution in [-0.4, -0.2) is 59.0 Å². The molecule has 0 unspecified atom stereocenters. The fourth-order valence-electron chi connectivity index (χ4n) is 3.32. The molecule has 0 radical (unpaired) electrons. The summed E-state index contributed by atoms with van der Waals surface area (Å²) in [5, 5.41) is 0. The molecule has 1 amide bonds. The third-order valence-corrected chi connectivity index (χ3v) is 4.35. The summed E-state index contributed by atoms with van der Waals surface area (Å²) in [4.78, 5) is 20.9. The first kappa shape index (κ1) is 13.6. The molecule has 1 saturated heterocycles. The van der Waals surface area contributed by atoms with E-state index in [4.69, 9.17) is 0 Å². The van der Waals surface area contributed by atoms with Gasteiger partial charge in [-0.1, -0.05) is 0 Å². The van der Waals surface area contributed by atoms with E-state index >= 15 is 0 Å². The number of hydrogen-bond donors (Lipinski definition) is 0. The van der Waals surface area contributed by atoms with Crippen molar-refractivity contribution in [3.8, 4) is 0 Å². The van der Waals surface area contributed by atoms with Crippen molar-refractivity contribution in [3.63, 3.8) is 0 Å². The molecule has 1 aliphatic carbocycles. The van der Waals surface area contributed by atoms with E-state index in [1.165, 1.54) is 24.2 Å². The van der Waals surface area contributed by atoms with Gasteiger partial charge in [0.1, 0.15) is 6.54 Å². The molecule has 2 heterocycles. The minimum absolute atomic E-state index is 0.241. The highest BCUT2D eigenvalue weighted by Gasteiger charge is 2.31. The zero-order valence-electron chi connectivity index (χ0n) is 12.5. The van der Waals surface area contributed by atoms with Crippen LogP contribution in [0.1, 0.15) is 24.2 Å². The van der Waals surface area contributed by atoms with E-state index in [0.717, 1.165) is 32.5 Å². The number of aryl methyl sites for hydroxylation is 1. The Kier molecular flexibility index (Phi) is 3.78. The van der Waals surface area contributed by atoms with Crippen molar-refractivity contribution in [1.82, 2.24) is 19.4 Å². The Labute approximate surface area is 120 Å². The molecule has 0 atom stereocenters. The summed E-state index contributed by atoms with van der Waals surface area (Å²) in [6.45, 7) is 3.36. The third kappa shape index (κ3) is 2.73. The third-order valence-electron chi connectivity index (χ3n) is 4.35. The van der Waals surface area contributed by atoms with E-state index in [0.29, 0.717) is 12.5 Å². The summed E-state index contributed by atoms with van der Waals surface area (Å²) in [5.74, 6) is 0.886. The van der Waals surface area contributed by atoms with Crippen molar-refractivity contribution >= 4 is 5.91 Å². The predicted molar refractivity (Wildman–Crippen MR) is 77.5 cm³/mol. The molecule has 0 spiro atoms. The van der Waals surface area contributed by atoms with E-state index < -0.39 is 0 Å². The minimum Gasteiger partial charge on any atom is -0.340 e. The first-order valence-electron chi connectivity index (χ1n) is 7.59. The Morgan fingerprint density at radius 3 is 2.85 bits per heavy atom. The van der Waals surface area contributed by atoms with Gasteiger partial charge in [-0.3, -0.25) is 4.79 Å².